The van der Waals surface area contributed by atoms with Crippen LogP contribution in [-0.2, 0) is 14.3 Å². The van der Waals surface area contributed by atoms with Crippen LogP contribution < -0.4 is 0 Å². The van der Waals surface area contributed by atoms with E-state index >= 15 is 0 Å². The number of thioether (sulfide) groups is 1. The van der Waals surface area contributed by atoms with E-state index in [1.54, 1.807) is 30.2 Å². The van der Waals surface area contributed by atoms with Gasteiger partial charge in [-0.1, -0.05) is 11.8 Å². The maximum atomic E-state index is 12.6. The minimum atomic E-state index is -0.326. The zero-order chi connectivity index (χ0) is 17.5. The van der Waals surface area contributed by atoms with E-state index in [4.69, 9.17) is 10.00 Å². The molecule has 0 bridgehead atoms. The van der Waals surface area contributed by atoms with Crippen molar-refractivity contribution >= 4 is 23.6 Å². The number of nitrogens with zero attached hydrogens (tertiary/aromatic N) is 3. The van der Waals surface area contributed by atoms with Gasteiger partial charge in [-0.3, -0.25) is 9.59 Å². The largest absolute Gasteiger partial charge is 0.466 e. The summed E-state index contributed by atoms with van der Waals surface area (Å²) in [6.45, 7) is 5.03. The van der Waals surface area contributed by atoms with E-state index < -0.39 is 0 Å². The number of nitriles is 1. The summed E-state index contributed by atoms with van der Waals surface area (Å²) in [4.78, 5) is 30.5. The standard InChI is InChI=1S/C17H21N3O3S/c1-3-23-17(22)14-5-4-8-20(11-14)16(21)12(2)24-15-9-13(10-18)6-7-19-15/h6-7,9,12,14H,3-5,8,11H2,1-2H3. The molecule has 2 atom stereocenters. The smallest absolute Gasteiger partial charge is 0.310 e. The van der Waals surface area contributed by atoms with Crippen molar-refractivity contribution in [1.29, 1.82) is 5.26 Å². The Kier molecular flexibility index (Phi) is 6.62. The third-order valence-electron chi connectivity index (χ3n) is 3.86. The number of carbonyl (C=O) groups excluding carboxylic acids is 2. The molecule has 0 saturated carbocycles. The van der Waals surface area contributed by atoms with Crippen molar-refractivity contribution in [3.8, 4) is 6.07 Å². The fourth-order valence-corrected chi connectivity index (χ4v) is 3.59. The van der Waals surface area contributed by atoms with E-state index in [9.17, 15) is 9.59 Å². The van der Waals surface area contributed by atoms with Crippen LogP contribution in [0.15, 0.2) is 23.4 Å². The zero-order valence-electron chi connectivity index (χ0n) is 13.9. The molecule has 1 saturated heterocycles. The lowest BCUT2D eigenvalue weighted by molar-refractivity contribution is -0.151. The Hall–Kier alpha value is -2.07. The SMILES string of the molecule is CCOC(=O)C1CCCN(C(=O)C(C)Sc2cc(C#N)ccn2)C1. The molecule has 1 aliphatic rings. The highest BCUT2D eigenvalue weighted by Crippen LogP contribution is 2.25. The lowest BCUT2D eigenvalue weighted by Crippen LogP contribution is -2.45. The van der Waals surface area contributed by atoms with Crippen molar-refractivity contribution in [3.63, 3.8) is 0 Å². The molecule has 0 radical (unpaired) electrons. The van der Waals surface area contributed by atoms with Gasteiger partial charge in [-0.05, 0) is 38.8 Å². The van der Waals surface area contributed by atoms with Gasteiger partial charge >= 0.3 is 5.97 Å². The van der Waals surface area contributed by atoms with E-state index in [0.29, 0.717) is 30.3 Å². The lowest BCUT2D eigenvalue weighted by atomic mass is 9.98. The van der Waals surface area contributed by atoms with Crippen molar-refractivity contribution < 1.29 is 14.3 Å². The Labute approximate surface area is 146 Å². The Morgan fingerprint density at radius 2 is 2.38 bits per heavy atom. The zero-order valence-corrected chi connectivity index (χ0v) is 14.7. The normalized spacial score (nSPS) is 18.5. The fourth-order valence-electron chi connectivity index (χ4n) is 2.66. The molecule has 2 rings (SSSR count). The monoisotopic (exact) mass is 347 g/mol. The molecular weight excluding hydrogens is 326 g/mol. The average Bonchev–Trinajstić information content (AvgIpc) is 2.61. The van der Waals surface area contributed by atoms with Crippen LogP contribution in [0.3, 0.4) is 0 Å². The molecule has 6 nitrogen and oxygen atoms in total. The van der Waals surface area contributed by atoms with E-state index in [1.165, 1.54) is 11.8 Å². The number of piperidine rings is 1. The second-order valence-electron chi connectivity index (χ2n) is 5.63. The molecule has 2 heterocycles. The molecule has 1 amide bonds. The number of esters is 1. The van der Waals surface area contributed by atoms with E-state index in [1.807, 2.05) is 6.92 Å². The molecule has 0 aromatic carbocycles. The van der Waals surface area contributed by atoms with Gasteiger partial charge in [-0.2, -0.15) is 5.26 Å². The van der Waals surface area contributed by atoms with Gasteiger partial charge in [-0.25, -0.2) is 4.98 Å². The molecule has 24 heavy (non-hydrogen) atoms. The van der Waals surface area contributed by atoms with E-state index in [0.717, 1.165) is 12.8 Å². The number of hydrogen-bond donors (Lipinski definition) is 0. The molecule has 0 N–H and O–H groups in total. The molecule has 0 aliphatic carbocycles. The highest BCUT2D eigenvalue weighted by Gasteiger charge is 2.31. The second-order valence-corrected chi connectivity index (χ2v) is 6.99. The number of hydrogen-bond acceptors (Lipinski definition) is 6. The van der Waals surface area contributed by atoms with Crippen LogP contribution in [-0.4, -0.2) is 46.7 Å². The minimum Gasteiger partial charge on any atom is -0.466 e. The summed E-state index contributed by atoms with van der Waals surface area (Å²) in [5.74, 6) is -0.475. The molecule has 1 aromatic heterocycles. The highest BCUT2D eigenvalue weighted by atomic mass is 32.2. The predicted molar refractivity (Wildman–Crippen MR) is 90.2 cm³/mol. The first kappa shape index (κ1) is 18.3. The Bertz CT molecular complexity index is 644. The van der Waals surface area contributed by atoms with E-state index in [-0.39, 0.29) is 23.0 Å². The molecule has 0 spiro atoms. The molecule has 1 aromatic rings. The predicted octanol–water partition coefficient (Wildman–Crippen LogP) is 2.24. The average molecular weight is 347 g/mol. The van der Waals surface area contributed by atoms with Crippen LogP contribution in [0.5, 0.6) is 0 Å². The first-order valence-electron chi connectivity index (χ1n) is 8.03. The van der Waals surface area contributed by atoms with Gasteiger partial charge in [-0.15, -0.1) is 0 Å². The molecule has 1 fully saturated rings. The van der Waals surface area contributed by atoms with E-state index in [2.05, 4.69) is 11.1 Å². The van der Waals surface area contributed by atoms with Crippen molar-refractivity contribution in [2.75, 3.05) is 19.7 Å². The fraction of sp³-hybridized carbons (Fsp3) is 0.529. The molecule has 2 unspecified atom stereocenters. The number of ether oxygens (including phenoxy) is 1. The number of rotatable bonds is 5. The molecule has 1 aliphatic heterocycles. The third kappa shape index (κ3) is 4.71. The van der Waals surface area contributed by atoms with Crippen molar-refractivity contribution in [2.24, 2.45) is 5.92 Å². The van der Waals surface area contributed by atoms with Crippen LogP contribution in [0.2, 0.25) is 0 Å². The van der Waals surface area contributed by atoms with Gasteiger partial charge in [0, 0.05) is 19.3 Å². The van der Waals surface area contributed by atoms with Crippen LogP contribution in [0.4, 0.5) is 0 Å². The molecular formula is C17H21N3O3S. The van der Waals surface area contributed by atoms with Crippen LogP contribution in [0.1, 0.15) is 32.3 Å². The minimum absolute atomic E-state index is 0.0156. The summed E-state index contributed by atoms with van der Waals surface area (Å²) in [5.41, 5.74) is 0.521. The summed E-state index contributed by atoms with van der Waals surface area (Å²) < 4.78 is 5.07. The molecule has 128 valence electrons. The first-order chi connectivity index (χ1) is 11.5. The maximum Gasteiger partial charge on any atom is 0.310 e. The van der Waals surface area contributed by atoms with Gasteiger partial charge in [0.1, 0.15) is 0 Å². The summed E-state index contributed by atoms with van der Waals surface area (Å²) in [5, 5.41) is 9.25. The third-order valence-corrected chi connectivity index (χ3v) is 4.88. The van der Waals surface area contributed by atoms with Gasteiger partial charge < -0.3 is 9.64 Å². The lowest BCUT2D eigenvalue weighted by Gasteiger charge is -2.33. The highest BCUT2D eigenvalue weighted by molar-refractivity contribution is 8.00. The quantitative estimate of drug-likeness (QED) is 0.600. The van der Waals surface area contributed by atoms with Crippen LogP contribution in [0.25, 0.3) is 0 Å². The Morgan fingerprint density at radius 1 is 1.58 bits per heavy atom. The van der Waals surface area contributed by atoms with Gasteiger partial charge in [0.15, 0.2) is 0 Å². The van der Waals surface area contributed by atoms with Gasteiger partial charge in [0.2, 0.25) is 5.91 Å². The summed E-state index contributed by atoms with van der Waals surface area (Å²) >= 11 is 1.33. The number of carbonyl (C=O) groups is 2. The van der Waals surface area contributed by atoms with Gasteiger partial charge in [0.05, 0.1) is 34.4 Å². The topological polar surface area (TPSA) is 83.3 Å². The second kappa shape index (κ2) is 8.69. The van der Waals surface area contributed by atoms with Crippen molar-refractivity contribution in [3.05, 3.63) is 23.9 Å². The Morgan fingerprint density at radius 3 is 3.08 bits per heavy atom. The van der Waals surface area contributed by atoms with Crippen molar-refractivity contribution in [2.45, 2.75) is 37.0 Å². The van der Waals surface area contributed by atoms with Gasteiger partial charge in [0.25, 0.3) is 0 Å². The number of likely N-dealkylation sites (tertiary alicyclic amines) is 1. The summed E-state index contributed by atoms with van der Waals surface area (Å²) in [7, 11) is 0. The number of amides is 1. The number of aromatic nitrogens is 1. The van der Waals surface area contributed by atoms with Crippen LogP contribution >= 0.6 is 11.8 Å². The molecule has 7 heteroatoms. The van der Waals surface area contributed by atoms with Crippen molar-refractivity contribution in [1.82, 2.24) is 9.88 Å². The number of pyridine rings is 1. The maximum absolute atomic E-state index is 12.6. The summed E-state index contributed by atoms with van der Waals surface area (Å²) in [6.07, 6.45) is 3.13. The van der Waals surface area contributed by atoms with Crippen LogP contribution in [0, 0.1) is 17.2 Å². The summed E-state index contributed by atoms with van der Waals surface area (Å²) in [6, 6.07) is 5.37. The Balaban J connectivity index is 1.96. The first-order valence-corrected chi connectivity index (χ1v) is 8.91.